The van der Waals surface area contributed by atoms with Crippen LogP contribution in [-0.4, -0.2) is 43.9 Å². The molecule has 1 aromatic rings. The molecule has 0 aliphatic carbocycles. The van der Waals surface area contributed by atoms with Crippen molar-refractivity contribution in [1.82, 2.24) is 5.32 Å². The number of rotatable bonds is 5. The van der Waals surface area contributed by atoms with Gasteiger partial charge in [0.15, 0.2) is 16.4 Å². The van der Waals surface area contributed by atoms with Gasteiger partial charge in [-0.05, 0) is 38.0 Å². The highest BCUT2D eigenvalue weighted by molar-refractivity contribution is 7.91. The van der Waals surface area contributed by atoms with Crippen molar-refractivity contribution in [3.8, 4) is 5.75 Å². The summed E-state index contributed by atoms with van der Waals surface area (Å²) in [6.45, 7) is 3.19. The van der Waals surface area contributed by atoms with Gasteiger partial charge in [-0.15, -0.1) is 0 Å². The molecule has 1 heterocycles. The molecule has 0 aromatic heterocycles. The SMILES string of the molecule is Cc1ccc(C(N)=O)c(OCC(=O)N[C@]2(C)CCS(=O)(=O)C2)c1. The third-order valence-electron chi connectivity index (χ3n) is 3.71. The molecule has 1 saturated heterocycles. The van der Waals surface area contributed by atoms with Gasteiger partial charge in [-0.1, -0.05) is 6.07 Å². The molecule has 3 N–H and O–H groups in total. The molecule has 8 heteroatoms. The molecule has 2 amide bonds. The summed E-state index contributed by atoms with van der Waals surface area (Å²) in [5, 5.41) is 2.69. The van der Waals surface area contributed by atoms with Crippen molar-refractivity contribution >= 4 is 21.7 Å². The summed E-state index contributed by atoms with van der Waals surface area (Å²) in [6, 6.07) is 4.88. The van der Waals surface area contributed by atoms with E-state index in [0.717, 1.165) is 5.56 Å². The Morgan fingerprint density at radius 1 is 1.39 bits per heavy atom. The predicted octanol–water partition coefficient (Wildman–Crippen LogP) is 0.166. The summed E-state index contributed by atoms with van der Waals surface area (Å²) in [6.07, 6.45) is 0.373. The second kappa shape index (κ2) is 6.19. The number of hydrogen-bond acceptors (Lipinski definition) is 5. The first-order chi connectivity index (χ1) is 10.6. The highest BCUT2D eigenvalue weighted by Gasteiger charge is 2.39. The highest BCUT2D eigenvalue weighted by Crippen LogP contribution is 2.23. The number of carbonyl (C=O) groups excluding carboxylic acids is 2. The van der Waals surface area contributed by atoms with E-state index in [1.165, 1.54) is 6.07 Å². The number of sulfone groups is 1. The van der Waals surface area contributed by atoms with Gasteiger partial charge in [-0.2, -0.15) is 0 Å². The van der Waals surface area contributed by atoms with Gasteiger partial charge in [0.25, 0.3) is 11.8 Å². The highest BCUT2D eigenvalue weighted by atomic mass is 32.2. The van der Waals surface area contributed by atoms with E-state index in [9.17, 15) is 18.0 Å². The van der Waals surface area contributed by atoms with Crippen molar-refractivity contribution in [3.05, 3.63) is 29.3 Å². The van der Waals surface area contributed by atoms with E-state index in [-0.39, 0.29) is 29.4 Å². The van der Waals surface area contributed by atoms with Crippen LogP contribution in [-0.2, 0) is 14.6 Å². The minimum Gasteiger partial charge on any atom is -0.483 e. The van der Waals surface area contributed by atoms with Crippen molar-refractivity contribution in [1.29, 1.82) is 0 Å². The zero-order chi connectivity index (χ0) is 17.3. The van der Waals surface area contributed by atoms with Gasteiger partial charge in [0.05, 0.1) is 22.6 Å². The minimum atomic E-state index is -3.11. The Morgan fingerprint density at radius 3 is 2.65 bits per heavy atom. The van der Waals surface area contributed by atoms with Gasteiger partial charge < -0.3 is 15.8 Å². The summed E-state index contributed by atoms with van der Waals surface area (Å²) < 4.78 is 28.4. The first-order valence-electron chi connectivity index (χ1n) is 7.15. The number of benzene rings is 1. The summed E-state index contributed by atoms with van der Waals surface area (Å²) in [7, 11) is -3.11. The maximum Gasteiger partial charge on any atom is 0.258 e. The Bertz CT molecular complexity index is 744. The van der Waals surface area contributed by atoms with Crippen LogP contribution in [0.2, 0.25) is 0 Å². The van der Waals surface area contributed by atoms with Crippen LogP contribution in [0.15, 0.2) is 18.2 Å². The molecule has 7 nitrogen and oxygen atoms in total. The first kappa shape index (κ1) is 17.3. The molecule has 0 radical (unpaired) electrons. The number of amides is 2. The molecule has 0 unspecified atom stereocenters. The molecule has 1 aliphatic heterocycles. The molecule has 0 bridgehead atoms. The summed E-state index contributed by atoms with van der Waals surface area (Å²) in [5.41, 5.74) is 5.54. The number of ether oxygens (including phenoxy) is 1. The third kappa shape index (κ3) is 4.44. The van der Waals surface area contributed by atoms with E-state index in [1.807, 2.05) is 6.92 Å². The lowest BCUT2D eigenvalue weighted by Gasteiger charge is -2.24. The van der Waals surface area contributed by atoms with Crippen molar-refractivity contribution in [2.45, 2.75) is 25.8 Å². The lowest BCUT2D eigenvalue weighted by molar-refractivity contribution is -0.124. The van der Waals surface area contributed by atoms with E-state index >= 15 is 0 Å². The van der Waals surface area contributed by atoms with Crippen LogP contribution in [0.3, 0.4) is 0 Å². The maximum atomic E-state index is 12.0. The van der Waals surface area contributed by atoms with E-state index in [0.29, 0.717) is 6.42 Å². The summed E-state index contributed by atoms with van der Waals surface area (Å²) in [5.74, 6) is -0.871. The van der Waals surface area contributed by atoms with E-state index in [4.69, 9.17) is 10.5 Å². The van der Waals surface area contributed by atoms with Crippen LogP contribution >= 0.6 is 0 Å². The van der Waals surface area contributed by atoms with Gasteiger partial charge in [0.1, 0.15) is 5.75 Å². The van der Waals surface area contributed by atoms with Crippen molar-refractivity contribution in [3.63, 3.8) is 0 Å². The summed E-state index contributed by atoms with van der Waals surface area (Å²) in [4.78, 5) is 23.4. The normalized spacial score (nSPS) is 22.5. The van der Waals surface area contributed by atoms with Gasteiger partial charge in [-0.3, -0.25) is 9.59 Å². The zero-order valence-corrected chi connectivity index (χ0v) is 13.9. The largest absolute Gasteiger partial charge is 0.483 e. The Balaban J connectivity index is 2.00. The minimum absolute atomic E-state index is 0.0638. The number of nitrogens with one attached hydrogen (secondary N) is 1. The van der Waals surface area contributed by atoms with Gasteiger partial charge in [0, 0.05) is 0 Å². The Kier molecular flexibility index (Phi) is 4.65. The molecule has 23 heavy (non-hydrogen) atoms. The molecular weight excluding hydrogens is 320 g/mol. The monoisotopic (exact) mass is 340 g/mol. The van der Waals surface area contributed by atoms with E-state index < -0.39 is 27.2 Å². The predicted molar refractivity (Wildman–Crippen MR) is 85.0 cm³/mol. The van der Waals surface area contributed by atoms with Crippen molar-refractivity contribution < 1.29 is 22.7 Å². The number of aryl methyl sites for hydroxylation is 1. The number of primary amides is 1. The quantitative estimate of drug-likeness (QED) is 0.792. The maximum absolute atomic E-state index is 12.0. The van der Waals surface area contributed by atoms with Crippen LogP contribution in [0.1, 0.15) is 29.3 Å². The Labute approximate surface area is 135 Å². The lowest BCUT2D eigenvalue weighted by atomic mass is 10.0. The average Bonchev–Trinajstić information content (AvgIpc) is 2.69. The fourth-order valence-electron chi connectivity index (χ4n) is 2.58. The fourth-order valence-corrected chi connectivity index (χ4v) is 4.67. The number of carbonyl (C=O) groups is 2. The number of nitrogens with two attached hydrogens (primary N) is 1. The first-order valence-corrected chi connectivity index (χ1v) is 8.97. The van der Waals surface area contributed by atoms with Gasteiger partial charge in [-0.25, -0.2) is 8.42 Å². The second-order valence-electron chi connectivity index (χ2n) is 6.10. The summed E-state index contributed by atoms with van der Waals surface area (Å²) >= 11 is 0. The fraction of sp³-hybridized carbons (Fsp3) is 0.467. The molecule has 2 rings (SSSR count). The number of hydrogen-bond donors (Lipinski definition) is 2. The molecule has 0 saturated carbocycles. The molecule has 1 aliphatic rings. The Morgan fingerprint density at radius 2 is 2.09 bits per heavy atom. The van der Waals surface area contributed by atoms with Crippen LogP contribution in [0.4, 0.5) is 0 Å². The Hall–Kier alpha value is -2.09. The zero-order valence-electron chi connectivity index (χ0n) is 13.1. The van der Waals surface area contributed by atoms with Crippen LogP contribution in [0.25, 0.3) is 0 Å². The van der Waals surface area contributed by atoms with Crippen LogP contribution in [0.5, 0.6) is 5.75 Å². The second-order valence-corrected chi connectivity index (χ2v) is 8.29. The van der Waals surface area contributed by atoms with Crippen molar-refractivity contribution in [2.24, 2.45) is 5.73 Å². The molecule has 1 fully saturated rings. The molecule has 126 valence electrons. The average molecular weight is 340 g/mol. The van der Waals surface area contributed by atoms with Crippen LogP contribution < -0.4 is 15.8 Å². The van der Waals surface area contributed by atoms with Gasteiger partial charge in [0.2, 0.25) is 0 Å². The standard InChI is InChI=1S/C15H20N2O5S/c1-10-3-4-11(14(16)19)12(7-10)22-8-13(18)17-15(2)5-6-23(20,21)9-15/h3-4,7H,5-6,8-9H2,1-2H3,(H2,16,19)(H,17,18)/t15-/m1/s1. The van der Waals surface area contributed by atoms with E-state index in [1.54, 1.807) is 19.1 Å². The third-order valence-corrected chi connectivity index (χ3v) is 5.61. The molecule has 0 spiro atoms. The van der Waals surface area contributed by atoms with E-state index in [2.05, 4.69) is 5.32 Å². The lowest BCUT2D eigenvalue weighted by Crippen LogP contribution is -2.48. The van der Waals surface area contributed by atoms with Crippen LogP contribution in [0, 0.1) is 6.92 Å². The molecule has 1 atom stereocenters. The molecule has 1 aromatic carbocycles. The molecular formula is C15H20N2O5S. The van der Waals surface area contributed by atoms with Gasteiger partial charge >= 0.3 is 0 Å². The smallest absolute Gasteiger partial charge is 0.258 e. The van der Waals surface area contributed by atoms with Crippen molar-refractivity contribution in [2.75, 3.05) is 18.1 Å². The topological polar surface area (TPSA) is 116 Å².